The van der Waals surface area contributed by atoms with Gasteiger partial charge in [-0.1, -0.05) is 13.8 Å². The van der Waals surface area contributed by atoms with Crippen LogP contribution in [0.15, 0.2) is 24.3 Å². The quantitative estimate of drug-likeness (QED) is 0.763. The first-order chi connectivity index (χ1) is 12.0. The van der Waals surface area contributed by atoms with E-state index in [1.165, 1.54) is 24.3 Å². The molecular weight excluding hydrogens is 324 g/mol. The van der Waals surface area contributed by atoms with Crippen molar-refractivity contribution >= 4 is 11.9 Å². The van der Waals surface area contributed by atoms with Crippen LogP contribution in [-0.2, 0) is 14.2 Å². The lowest BCUT2D eigenvalue weighted by Gasteiger charge is -2.56. The van der Waals surface area contributed by atoms with E-state index in [1.54, 1.807) is 0 Å². The molecule has 1 N–H and O–H groups in total. The normalized spacial score (nSPS) is 20.4. The van der Waals surface area contributed by atoms with Crippen molar-refractivity contribution in [2.45, 2.75) is 32.8 Å². The van der Waals surface area contributed by atoms with Gasteiger partial charge in [-0.15, -0.1) is 0 Å². The Hall–Kier alpha value is -1.92. The number of aromatic carboxylic acids is 1. The summed E-state index contributed by atoms with van der Waals surface area (Å²) < 4.78 is 16.9. The van der Waals surface area contributed by atoms with E-state index in [-0.39, 0.29) is 22.5 Å². The monoisotopic (exact) mass is 348 g/mol. The van der Waals surface area contributed by atoms with E-state index in [9.17, 15) is 9.59 Å². The van der Waals surface area contributed by atoms with Crippen LogP contribution in [0.25, 0.3) is 0 Å². The van der Waals surface area contributed by atoms with Gasteiger partial charge < -0.3 is 19.3 Å². The molecule has 6 nitrogen and oxygen atoms in total. The maximum absolute atomic E-state index is 12.7. The molecule has 0 radical (unpaired) electrons. The molecule has 25 heavy (non-hydrogen) atoms. The second kappa shape index (κ2) is 6.77. The highest BCUT2D eigenvalue weighted by atomic mass is 16.6. The van der Waals surface area contributed by atoms with Crippen LogP contribution in [0.4, 0.5) is 0 Å². The molecule has 2 aliphatic heterocycles. The van der Waals surface area contributed by atoms with Crippen molar-refractivity contribution in [3.05, 3.63) is 35.4 Å². The molecule has 0 aromatic heterocycles. The highest BCUT2D eigenvalue weighted by Gasteiger charge is 2.58. The number of carboxylic acids is 1. The Kier molecular flexibility index (Phi) is 4.84. The third kappa shape index (κ3) is 3.04. The van der Waals surface area contributed by atoms with Gasteiger partial charge in [-0.05, 0) is 37.1 Å². The number of ether oxygens (including phenoxy) is 3. The summed E-state index contributed by atoms with van der Waals surface area (Å²) >= 11 is 0. The van der Waals surface area contributed by atoms with Gasteiger partial charge >= 0.3 is 11.9 Å². The number of benzene rings is 1. The largest absolute Gasteiger partial charge is 0.478 e. The fourth-order valence-electron chi connectivity index (χ4n) is 3.63. The molecule has 0 bridgehead atoms. The molecule has 0 unspecified atom stereocenters. The molecule has 3 rings (SSSR count). The van der Waals surface area contributed by atoms with Crippen LogP contribution in [0.2, 0.25) is 0 Å². The lowest BCUT2D eigenvalue weighted by Crippen LogP contribution is -2.64. The maximum Gasteiger partial charge on any atom is 0.338 e. The number of rotatable bonds is 7. The minimum absolute atomic E-state index is 0.142. The average molecular weight is 348 g/mol. The summed E-state index contributed by atoms with van der Waals surface area (Å²) in [7, 11) is 0. The minimum atomic E-state index is -1.02. The van der Waals surface area contributed by atoms with Gasteiger partial charge in [0.1, 0.15) is 6.10 Å². The van der Waals surface area contributed by atoms with Crippen molar-refractivity contribution in [3.63, 3.8) is 0 Å². The Morgan fingerprint density at radius 1 is 1.00 bits per heavy atom. The molecule has 0 aliphatic carbocycles. The first-order valence-corrected chi connectivity index (χ1v) is 8.66. The van der Waals surface area contributed by atoms with E-state index in [2.05, 4.69) is 13.8 Å². The van der Waals surface area contributed by atoms with Gasteiger partial charge in [0.25, 0.3) is 0 Å². The van der Waals surface area contributed by atoms with Gasteiger partial charge in [0.05, 0.1) is 48.4 Å². The van der Waals surface area contributed by atoms with Crippen molar-refractivity contribution < 1.29 is 28.9 Å². The standard InChI is InChI=1S/C19H24O6/c1-3-18(9-23-10-18)17(19(4-2)11-24-12-19)25-16(22)14-7-5-13(6-8-14)15(20)21/h5-8,17H,3-4,9-12H2,1-2H3,(H,20,21). The highest BCUT2D eigenvalue weighted by molar-refractivity contribution is 5.92. The van der Waals surface area contributed by atoms with Gasteiger partial charge in [0, 0.05) is 0 Å². The summed E-state index contributed by atoms with van der Waals surface area (Å²) in [5.74, 6) is -1.45. The first kappa shape index (κ1) is 17.9. The highest BCUT2D eigenvalue weighted by Crippen LogP contribution is 2.49. The summed E-state index contributed by atoms with van der Waals surface area (Å²) in [4.78, 5) is 23.6. The zero-order chi connectivity index (χ0) is 18.1. The molecular formula is C19H24O6. The Morgan fingerprint density at radius 2 is 1.44 bits per heavy atom. The molecule has 6 heteroatoms. The number of carbonyl (C=O) groups is 2. The van der Waals surface area contributed by atoms with Crippen LogP contribution < -0.4 is 0 Å². The zero-order valence-electron chi connectivity index (χ0n) is 14.6. The molecule has 0 spiro atoms. The molecule has 2 fully saturated rings. The molecule has 136 valence electrons. The summed E-state index contributed by atoms with van der Waals surface area (Å²) in [6, 6.07) is 5.82. The van der Waals surface area contributed by atoms with Crippen molar-refractivity contribution in [2.75, 3.05) is 26.4 Å². The SMILES string of the molecule is CCC1(C(OC(=O)c2ccc(C(=O)O)cc2)C2(CC)COC2)COC1. The lowest BCUT2D eigenvalue weighted by atomic mass is 9.63. The fraction of sp³-hybridized carbons (Fsp3) is 0.579. The Labute approximate surface area is 147 Å². The van der Waals surface area contributed by atoms with E-state index in [4.69, 9.17) is 19.3 Å². The first-order valence-electron chi connectivity index (χ1n) is 8.66. The summed E-state index contributed by atoms with van der Waals surface area (Å²) in [5, 5.41) is 8.97. The topological polar surface area (TPSA) is 82.1 Å². The van der Waals surface area contributed by atoms with E-state index in [0.29, 0.717) is 32.0 Å². The van der Waals surface area contributed by atoms with Crippen LogP contribution in [0.3, 0.4) is 0 Å². The van der Waals surface area contributed by atoms with E-state index < -0.39 is 11.9 Å². The number of carbonyl (C=O) groups excluding carboxylic acids is 1. The second-order valence-electron chi connectivity index (χ2n) is 7.09. The fourth-order valence-corrected chi connectivity index (χ4v) is 3.63. The van der Waals surface area contributed by atoms with Gasteiger partial charge in [-0.3, -0.25) is 0 Å². The van der Waals surface area contributed by atoms with Crippen molar-refractivity contribution in [2.24, 2.45) is 10.8 Å². The predicted molar refractivity (Wildman–Crippen MR) is 89.7 cm³/mol. The minimum Gasteiger partial charge on any atom is -0.478 e. The number of esters is 1. The molecule has 2 saturated heterocycles. The Morgan fingerprint density at radius 3 is 1.76 bits per heavy atom. The van der Waals surface area contributed by atoms with Gasteiger partial charge in [0.15, 0.2) is 0 Å². The van der Waals surface area contributed by atoms with Crippen LogP contribution in [-0.4, -0.2) is 49.6 Å². The lowest BCUT2D eigenvalue weighted by molar-refractivity contribution is -0.258. The van der Waals surface area contributed by atoms with Gasteiger partial charge in [0.2, 0.25) is 0 Å². The molecule has 2 aliphatic rings. The second-order valence-corrected chi connectivity index (χ2v) is 7.09. The van der Waals surface area contributed by atoms with Gasteiger partial charge in [-0.2, -0.15) is 0 Å². The molecule has 2 heterocycles. The van der Waals surface area contributed by atoms with Crippen LogP contribution in [0.5, 0.6) is 0 Å². The smallest absolute Gasteiger partial charge is 0.338 e. The summed E-state index contributed by atoms with van der Waals surface area (Å²) in [5.41, 5.74) is 0.156. The molecule has 1 aromatic carbocycles. The molecule has 0 saturated carbocycles. The van der Waals surface area contributed by atoms with Crippen molar-refractivity contribution in [3.8, 4) is 0 Å². The van der Waals surface area contributed by atoms with Gasteiger partial charge in [-0.25, -0.2) is 9.59 Å². The van der Waals surface area contributed by atoms with E-state index >= 15 is 0 Å². The predicted octanol–water partition coefficient (Wildman–Crippen LogP) is 2.76. The average Bonchev–Trinajstić information content (AvgIpc) is 2.53. The van der Waals surface area contributed by atoms with Crippen LogP contribution in [0.1, 0.15) is 47.4 Å². The number of carboxylic acid groups (broad SMARTS) is 1. The van der Waals surface area contributed by atoms with E-state index in [1.807, 2.05) is 0 Å². The Bertz CT molecular complexity index is 609. The molecule has 0 atom stereocenters. The zero-order valence-corrected chi connectivity index (χ0v) is 14.6. The number of hydrogen-bond acceptors (Lipinski definition) is 5. The third-order valence-electron chi connectivity index (χ3n) is 5.67. The maximum atomic E-state index is 12.7. The Balaban J connectivity index is 1.82. The van der Waals surface area contributed by atoms with Crippen LogP contribution >= 0.6 is 0 Å². The van der Waals surface area contributed by atoms with Crippen LogP contribution in [0, 0.1) is 10.8 Å². The third-order valence-corrected chi connectivity index (χ3v) is 5.67. The van der Waals surface area contributed by atoms with E-state index in [0.717, 1.165) is 12.8 Å². The molecule has 0 amide bonds. The summed E-state index contributed by atoms with van der Waals surface area (Å²) in [6.07, 6.45) is 1.46. The van der Waals surface area contributed by atoms with Crippen molar-refractivity contribution in [1.29, 1.82) is 0 Å². The summed E-state index contributed by atoms with van der Waals surface area (Å²) in [6.45, 7) is 6.52. The molecule has 1 aromatic rings. The number of hydrogen-bond donors (Lipinski definition) is 1. The van der Waals surface area contributed by atoms with Crippen molar-refractivity contribution in [1.82, 2.24) is 0 Å².